The fraction of sp³-hybridized carbons (Fsp3) is 0.250. The van der Waals surface area contributed by atoms with Crippen molar-refractivity contribution < 1.29 is 8.42 Å². The van der Waals surface area contributed by atoms with Crippen LogP contribution >= 0.6 is 0 Å². The Labute approximate surface area is 68.3 Å². The SMILES string of the molecule is Cn1cc(S(=O)(=O)N=[N+]=[N-])cn1. The second-order valence-electron chi connectivity index (χ2n) is 2.00. The van der Waals surface area contributed by atoms with Gasteiger partial charge in [0.05, 0.1) is 6.20 Å². The van der Waals surface area contributed by atoms with Gasteiger partial charge in [0.1, 0.15) is 4.90 Å². The molecule has 0 radical (unpaired) electrons. The monoisotopic (exact) mass is 187 g/mol. The minimum absolute atomic E-state index is 0.109. The second-order valence-corrected chi connectivity index (χ2v) is 3.58. The van der Waals surface area contributed by atoms with Crippen molar-refractivity contribution in [2.75, 3.05) is 0 Å². The summed E-state index contributed by atoms with van der Waals surface area (Å²) in [5.74, 6) is 0. The van der Waals surface area contributed by atoms with Crippen LogP contribution in [0.25, 0.3) is 10.4 Å². The van der Waals surface area contributed by atoms with Crippen LogP contribution in [-0.4, -0.2) is 18.2 Å². The van der Waals surface area contributed by atoms with E-state index in [0.29, 0.717) is 0 Å². The van der Waals surface area contributed by atoms with Gasteiger partial charge >= 0.3 is 0 Å². The van der Waals surface area contributed by atoms with Gasteiger partial charge in [-0.2, -0.15) is 5.10 Å². The molecule has 0 N–H and O–H groups in total. The minimum atomic E-state index is -3.86. The van der Waals surface area contributed by atoms with Crippen LogP contribution in [0.15, 0.2) is 21.8 Å². The van der Waals surface area contributed by atoms with Crippen molar-refractivity contribution in [3.8, 4) is 0 Å². The zero-order chi connectivity index (χ0) is 9.19. The van der Waals surface area contributed by atoms with Crippen LogP contribution in [-0.2, 0) is 17.1 Å². The van der Waals surface area contributed by atoms with Crippen LogP contribution in [0.2, 0.25) is 0 Å². The fourth-order valence-electron chi connectivity index (χ4n) is 0.627. The number of azide groups is 1. The van der Waals surface area contributed by atoms with Crippen LogP contribution < -0.4 is 0 Å². The normalized spacial score (nSPS) is 10.8. The third kappa shape index (κ3) is 1.55. The third-order valence-electron chi connectivity index (χ3n) is 1.12. The average molecular weight is 187 g/mol. The number of hydrogen-bond acceptors (Lipinski definition) is 3. The predicted molar refractivity (Wildman–Crippen MR) is 39.5 cm³/mol. The lowest BCUT2D eigenvalue weighted by Crippen LogP contribution is -1.92. The molecule has 0 amide bonds. The Hall–Kier alpha value is -1.53. The molecule has 0 saturated carbocycles. The van der Waals surface area contributed by atoms with Gasteiger partial charge in [0.25, 0.3) is 10.0 Å². The molecule has 12 heavy (non-hydrogen) atoms. The molecule has 64 valence electrons. The smallest absolute Gasteiger partial charge is 0.267 e. The first-order valence-corrected chi connectivity index (χ1v) is 4.30. The summed E-state index contributed by atoms with van der Waals surface area (Å²) in [5.41, 5.74) is 7.92. The molecule has 0 aliphatic carbocycles. The summed E-state index contributed by atoms with van der Waals surface area (Å²) in [7, 11) is -2.30. The standard InChI is InChI=1S/C4H5N5O2S/c1-9-3-4(2-6-9)12(10,11)8-7-5/h2-3H,1H3. The first-order valence-electron chi connectivity index (χ1n) is 2.86. The Kier molecular flexibility index (Phi) is 2.03. The quantitative estimate of drug-likeness (QED) is 0.381. The van der Waals surface area contributed by atoms with E-state index in [2.05, 4.69) is 14.5 Å². The lowest BCUT2D eigenvalue weighted by atomic mass is 10.7. The van der Waals surface area contributed by atoms with Gasteiger partial charge in [-0.15, -0.1) is 0 Å². The van der Waals surface area contributed by atoms with Crippen molar-refractivity contribution in [1.82, 2.24) is 9.78 Å². The Balaban J connectivity index is 3.23. The Morgan fingerprint density at radius 3 is 2.83 bits per heavy atom. The molecule has 1 heterocycles. The minimum Gasteiger partial charge on any atom is -0.274 e. The van der Waals surface area contributed by atoms with E-state index in [1.807, 2.05) is 0 Å². The summed E-state index contributed by atoms with van der Waals surface area (Å²) >= 11 is 0. The van der Waals surface area contributed by atoms with Crippen molar-refractivity contribution in [3.05, 3.63) is 22.8 Å². The molecule has 7 nitrogen and oxygen atoms in total. The fourth-order valence-corrected chi connectivity index (χ4v) is 1.28. The summed E-state index contributed by atoms with van der Waals surface area (Å²) in [6.07, 6.45) is 2.37. The molecule has 1 aromatic rings. The highest BCUT2D eigenvalue weighted by Crippen LogP contribution is 2.09. The van der Waals surface area contributed by atoms with Gasteiger partial charge < -0.3 is 0 Å². The molecule has 1 rings (SSSR count). The van der Waals surface area contributed by atoms with Crippen LogP contribution in [0.3, 0.4) is 0 Å². The van der Waals surface area contributed by atoms with Crippen LogP contribution in [0.1, 0.15) is 0 Å². The number of aryl methyl sites for hydroxylation is 1. The molecular weight excluding hydrogens is 182 g/mol. The Morgan fingerprint density at radius 1 is 1.75 bits per heavy atom. The Morgan fingerprint density at radius 2 is 2.42 bits per heavy atom. The summed E-state index contributed by atoms with van der Waals surface area (Å²) in [5, 5.41) is 3.62. The first kappa shape index (κ1) is 8.57. The molecule has 0 saturated heterocycles. The van der Waals surface area contributed by atoms with Crippen molar-refractivity contribution in [2.24, 2.45) is 11.6 Å². The van der Waals surface area contributed by atoms with Gasteiger partial charge in [0.15, 0.2) is 0 Å². The summed E-state index contributed by atoms with van der Waals surface area (Å²) in [6.45, 7) is 0. The molecule has 0 aliphatic rings. The highest BCUT2D eigenvalue weighted by Gasteiger charge is 2.13. The van der Waals surface area contributed by atoms with Gasteiger partial charge in [0.2, 0.25) is 0 Å². The summed E-state index contributed by atoms with van der Waals surface area (Å²) < 4.78 is 25.9. The highest BCUT2D eigenvalue weighted by molar-refractivity contribution is 7.90. The van der Waals surface area contributed by atoms with Crippen molar-refractivity contribution in [1.29, 1.82) is 0 Å². The Bertz CT molecular complexity index is 426. The lowest BCUT2D eigenvalue weighted by Gasteiger charge is -1.87. The summed E-state index contributed by atoms with van der Waals surface area (Å²) in [4.78, 5) is 2.08. The molecule has 0 atom stereocenters. The van der Waals surface area contributed by atoms with Crippen molar-refractivity contribution >= 4 is 10.0 Å². The van der Waals surface area contributed by atoms with Gasteiger partial charge in [0, 0.05) is 22.7 Å². The maximum Gasteiger partial charge on any atom is 0.267 e. The first-order chi connectivity index (χ1) is 5.56. The molecule has 1 aromatic heterocycles. The predicted octanol–water partition coefficient (Wildman–Crippen LogP) is 0.419. The molecule has 8 heteroatoms. The van der Waals surface area contributed by atoms with Crippen molar-refractivity contribution in [2.45, 2.75) is 4.90 Å². The zero-order valence-electron chi connectivity index (χ0n) is 6.12. The molecule has 0 aliphatic heterocycles. The zero-order valence-corrected chi connectivity index (χ0v) is 6.93. The van der Waals surface area contributed by atoms with E-state index in [1.165, 1.54) is 10.9 Å². The second kappa shape index (κ2) is 2.84. The van der Waals surface area contributed by atoms with Gasteiger partial charge in [-0.1, -0.05) is 0 Å². The van der Waals surface area contributed by atoms with Crippen LogP contribution in [0, 0.1) is 0 Å². The summed E-state index contributed by atoms with van der Waals surface area (Å²) in [6, 6.07) is 0. The number of rotatable bonds is 2. The van der Waals surface area contributed by atoms with Crippen LogP contribution in [0.4, 0.5) is 0 Å². The number of nitrogens with zero attached hydrogens (tertiary/aromatic N) is 5. The van der Waals surface area contributed by atoms with E-state index in [1.54, 1.807) is 7.05 Å². The maximum atomic E-state index is 11.0. The molecule has 0 fully saturated rings. The number of hydrogen-bond donors (Lipinski definition) is 0. The van der Waals surface area contributed by atoms with Gasteiger partial charge in [-0.25, -0.2) is 8.42 Å². The molecule has 0 unspecified atom stereocenters. The third-order valence-corrected chi connectivity index (χ3v) is 2.22. The molecule has 0 spiro atoms. The average Bonchev–Trinajstić information content (AvgIpc) is 2.36. The number of aromatic nitrogens is 2. The van der Waals surface area contributed by atoms with E-state index in [-0.39, 0.29) is 4.90 Å². The van der Waals surface area contributed by atoms with E-state index in [4.69, 9.17) is 5.53 Å². The largest absolute Gasteiger partial charge is 0.274 e. The van der Waals surface area contributed by atoms with E-state index < -0.39 is 10.0 Å². The highest BCUT2D eigenvalue weighted by atomic mass is 32.2. The molecule has 0 bridgehead atoms. The lowest BCUT2D eigenvalue weighted by molar-refractivity contribution is 0.597. The molecular formula is C4H5N5O2S. The van der Waals surface area contributed by atoms with Crippen molar-refractivity contribution in [3.63, 3.8) is 0 Å². The van der Waals surface area contributed by atoms with Gasteiger partial charge in [-0.05, 0) is 5.53 Å². The van der Waals surface area contributed by atoms with E-state index in [0.717, 1.165) is 6.20 Å². The van der Waals surface area contributed by atoms with Gasteiger partial charge in [-0.3, -0.25) is 4.68 Å². The number of sulfonamides is 1. The topological polar surface area (TPSA) is 101 Å². The van der Waals surface area contributed by atoms with Crippen LogP contribution in [0.5, 0.6) is 0 Å². The maximum absolute atomic E-state index is 11.0. The van der Waals surface area contributed by atoms with E-state index in [9.17, 15) is 8.42 Å². The molecule has 0 aromatic carbocycles. The van der Waals surface area contributed by atoms with E-state index >= 15 is 0 Å².